The van der Waals surface area contributed by atoms with Gasteiger partial charge in [0, 0.05) is 12.8 Å². The van der Waals surface area contributed by atoms with E-state index in [1.54, 1.807) is 0 Å². The largest absolute Gasteiger partial charge is 0.756 e. The van der Waals surface area contributed by atoms with Crippen molar-refractivity contribution in [1.82, 2.24) is 0 Å². The number of phosphoric acid groups is 1. The molecule has 0 fully saturated rings. The number of carbonyl (C=O) groups is 2. The fourth-order valence-corrected chi connectivity index (χ4v) is 12.1. The summed E-state index contributed by atoms with van der Waals surface area (Å²) in [6, 6.07) is 0. The van der Waals surface area contributed by atoms with Crippen molar-refractivity contribution < 1.29 is 42.1 Å². The molecule has 0 aliphatic rings. The van der Waals surface area contributed by atoms with E-state index in [-0.39, 0.29) is 32.0 Å². The summed E-state index contributed by atoms with van der Waals surface area (Å²) in [4.78, 5) is 38.2. The molecule has 0 aromatic carbocycles. The topological polar surface area (TPSA) is 111 Å². The average Bonchev–Trinajstić information content (AvgIpc) is 1.98. The Labute approximate surface area is 594 Å². The van der Waals surface area contributed by atoms with Gasteiger partial charge in [-0.05, 0) is 89.9 Å². The number of esters is 2. The number of hydrogen-bond acceptors (Lipinski definition) is 8. The molecular formula is C86H152NO8P. The van der Waals surface area contributed by atoms with Gasteiger partial charge in [0.1, 0.15) is 19.8 Å². The Bertz CT molecular complexity index is 2040. The van der Waals surface area contributed by atoms with Gasteiger partial charge >= 0.3 is 11.9 Å². The van der Waals surface area contributed by atoms with E-state index in [1.165, 1.54) is 218 Å². The Balaban J connectivity index is 4.02. The fourth-order valence-electron chi connectivity index (χ4n) is 11.4. The van der Waals surface area contributed by atoms with Crippen molar-refractivity contribution in [1.29, 1.82) is 0 Å². The second-order valence-corrected chi connectivity index (χ2v) is 29.5. The average molecular weight is 1360 g/mol. The Morgan fingerprint density at radius 3 is 0.885 bits per heavy atom. The lowest BCUT2D eigenvalue weighted by molar-refractivity contribution is -0.870. The lowest BCUT2D eigenvalue weighted by atomic mass is 10.0. The minimum absolute atomic E-state index is 0.0361. The molecule has 0 rings (SSSR count). The number of nitrogens with zero attached hydrogens (tertiary/aromatic N) is 1. The zero-order valence-corrected chi connectivity index (χ0v) is 64.2. The van der Waals surface area contributed by atoms with Gasteiger partial charge in [0.15, 0.2) is 6.10 Å². The van der Waals surface area contributed by atoms with Gasteiger partial charge in [-0.25, -0.2) is 0 Å². The van der Waals surface area contributed by atoms with Crippen LogP contribution in [0.1, 0.15) is 361 Å². The molecule has 0 N–H and O–H groups in total. The van der Waals surface area contributed by atoms with Crippen molar-refractivity contribution in [2.24, 2.45) is 0 Å². The minimum Gasteiger partial charge on any atom is -0.756 e. The molecule has 0 aliphatic heterocycles. The number of carbonyl (C=O) groups excluding carboxylic acids is 2. The van der Waals surface area contributed by atoms with E-state index in [1.807, 2.05) is 21.1 Å². The van der Waals surface area contributed by atoms with Crippen LogP contribution in [0.3, 0.4) is 0 Å². The van der Waals surface area contributed by atoms with Gasteiger partial charge in [-0.3, -0.25) is 14.2 Å². The third-order valence-corrected chi connectivity index (χ3v) is 18.5. The van der Waals surface area contributed by atoms with Crippen LogP contribution in [0.25, 0.3) is 0 Å². The Kier molecular flexibility index (Phi) is 72.8. The van der Waals surface area contributed by atoms with E-state index < -0.39 is 26.5 Å². The third-order valence-electron chi connectivity index (χ3n) is 17.5. The van der Waals surface area contributed by atoms with Gasteiger partial charge in [0.2, 0.25) is 0 Å². The molecule has 0 spiro atoms. The molecule has 0 radical (unpaired) electrons. The fraction of sp³-hybridized carbons (Fsp3) is 0.744. The molecule has 0 aliphatic carbocycles. The van der Waals surface area contributed by atoms with E-state index >= 15 is 0 Å². The molecule has 2 atom stereocenters. The molecular weight excluding hydrogens is 1210 g/mol. The molecule has 0 aromatic heterocycles. The van der Waals surface area contributed by atoms with Gasteiger partial charge in [-0.1, -0.05) is 379 Å². The third kappa shape index (κ3) is 79.4. The van der Waals surface area contributed by atoms with Crippen LogP contribution in [0.5, 0.6) is 0 Å². The maximum atomic E-state index is 12.9. The molecule has 9 nitrogen and oxygen atoms in total. The second kappa shape index (κ2) is 75.6. The second-order valence-electron chi connectivity index (χ2n) is 28.1. The summed E-state index contributed by atoms with van der Waals surface area (Å²) in [5.41, 5.74) is 0. The number of likely N-dealkylation sites (N-methyl/N-ethyl adjacent to an activating group) is 1. The Morgan fingerprint density at radius 2 is 0.594 bits per heavy atom. The van der Waals surface area contributed by atoms with Crippen molar-refractivity contribution in [3.8, 4) is 0 Å². The molecule has 0 amide bonds. The Hall–Kier alpha value is -3.59. The SMILES string of the molecule is CC/C=C\C/C=C\C/C=C\C/C=C\C/C=C\C/C=C\C/C=C\C/C=C\C/C=C\C/C=C\CCCCCCCCCCC(=O)OC(COC(=O)CCCCCCCCCCCCCCCCCCCCCCCCCCCCCCCCCCC)COP(=O)([O-])OCC[N+](C)(C)C. The molecule has 10 heteroatoms. The highest BCUT2D eigenvalue weighted by molar-refractivity contribution is 7.45. The minimum atomic E-state index is -4.65. The highest BCUT2D eigenvalue weighted by atomic mass is 31.2. The van der Waals surface area contributed by atoms with Crippen LogP contribution in [-0.4, -0.2) is 70.0 Å². The maximum Gasteiger partial charge on any atom is 0.306 e. The van der Waals surface area contributed by atoms with Crippen LogP contribution in [0, 0.1) is 0 Å². The quantitative estimate of drug-likeness (QED) is 0.0195. The number of hydrogen-bond donors (Lipinski definition) is 0. The van der Waals surface area contributed by atoms with Gasteiger partial charge in [0.05, 0.1) is 27.7 Å². The first-order chi connectivity index (χ1) is 47.0. The molecule has 0 saturated carbocycles. The van der Waals surface area contributed by atoms with Crippen LogP contribution < -0.4 is 4.89 Å². The molecule has 0 bridgehead atoms. The zero-order chi connectivity index (χ0) is 69.7. The lowest BCUT2D eigenvalue weighted by Gasteiger charge is -2.28. The Morgan fingerprint density at radius 1 is 0.333 bits per heavy atom. The first kappa shape index (κ1) is 92.4. The molecule has 0 heterocycles. The number of unbranched alkanes of at least 4 members (excludes halogenated alkanes) is 40. The van der Waals surface area contributed by atoms with Crippen LogP contribution >= 0.6 is 7.82 Å². The summed E-state index contributed by atoms with van der Waals surface area (Å²) < 4.78 is 34.4. The summed E-state index contributed by atoms with van der Waals surface area (Å²) in [5, 5.41) is 0. The molecule has 2 unspecified atom stereocenters. The van der Waals surface area contributed by atoms with E-state index in [4.69, 9.17) is 18.5 Å². The van der Waals surface area contributed by atoms with Crippen LogP contribution in [-0.2, 0) is 32.7 Å². The first-order valence-electron chi connectivity index (χ1n) is 40.2. The number of phosphoric ester groups is 1. The molecule has 0 saturated heterocycles. The highest BCUT2D eigenvalue weighted by Crippen LogP contribution is 2.38. The smallest absolute Gasteiger partial charge is 0.306 e. The van der Waals surface area contributed by atoms with Crippen molar-refractivity contribution in [2.45, 2.75) is 367 Å². The van der Waals surface area contributed by atoms with Crippen LogP contribution in [0.2, 0.25) is 0 Å². The van der Waals surface area contributed by atoms with Gasteiger partial charge in [0.25, 0.3) is 7.82 Å². The first-order valence-corrected chi connectivity index (χ1v) is 41.7. The number of quaternary nitrogens is 1. The summed E-state index contributed by atoms with van der Waals surface area (Å²) in [6.07, 6.45) is 109. The van der Waals surface area contributed by atoms with Crippen molar-refractivity contribution in [2.75, 3.05) is 47.5 Å². The van der Waals surface area contributed by atoms with Crippen molar-refractivity contribution in [3.63, 3.8) is 0 Å². The zero-order valence-electron chi connectivity index (χ0n) is 63.3. The van der Waals surface area contributed by atoms with Gasteiger partial charge < -0.3 is 27.9 Å². The van der Waals surface area contributed by atoms with Crippen LogP contribution in [0.4, 0.5) is 0 Å². The van der Waals surface area contributed by atoms with E-state index in [9.17, 15) is 19.0 Å². The molecule has 0 aromatic rings. The summed E-state index contributed by atoms with van der Waals surface area (Å²) >= 11 is 0. The van der Waals surface area contributed by atoms with E-state index in [0.29, 0.717) is 17.4 Å². The number of rotatable bonds is 74. The van der Waals surface area contributed by atoms with Gasteiger partial charge in [-0.15, -0.1) is 0 Å². The highest BCUT2D eigenvalue weighted by Gasteiger charge is 2.22. The van der Waals surface area contributed by atoms with Crippen molar-refractivity contribution in [3.05, 3.63) is 122 Å². The van der Waals surface area contributed by atoms with E-state index in [2.05, 4.69) is 135 Å². The van der Waals surface area contributed by atoms with Crippen LogP contribution in [0.15, 0.2) is 122 Å². The van der Waals surface area contributed by atoms with Gasteiger partial charge in [-0.2, -0.15) is 0 Å². The summed E-state index contributed by atoms with van der Waals surface area (Å²) in [6.45, 7) is 4.16. The predicted octanol–water partition coefficient (Wildman–Crippen LogP) is 26.3. The molecule has 554 valence electrons. The number of ether oxygens (including phenoxy) is 2. The standard InChI is InChI=1S/C86H152NO8P/c1-6-8-10-12-14-16-18-20-22-24-26-28-30-32-34-36-38-40-41-42-43-44-45-47-49-51-53-55-57-59-61-63-65-67-69-71-73-75-77-79-86(89)95-84(83-94-96(90,91)93-81-80-87(3,4)5)82-92-85(88)78-76-74-72-70-68-66-64-62-60-58-56-54-52-50-48-46-39-37-35-33-31-29-27-25-23-21-19-17-15-13-11-9-7-2/h8,10,14,16,20,22,26,28,32,34,38,40,42-43,45,47,51,53,57,59,84H,6-7,9,11-13,15,17-19,21,23-25,27,29-31,33,35-37,39,41,44,46,48-50,52,54-56,58,60-83H2,1-5H3/b10-8-,16-14-,22-20-,28-26-,34-32-,40-38-,43-42-,47-45-,53-51-,59-57-. The predicted molar refractivity (Wildman–Crippen MR) is 415 cm³/mol. The monoisotopic (exact) mass is 1360 g/mol. The lowest BCUT2D eigenvalue weighted by Crippen LogP contribution is -2.37. The number of allylic oxidation sites excluding steroid dienone is 20. The molecule has 96 heavy (non-hydrogen) atoms. The van der Waals surface area contributed by atoms with E-state index in [0.717, 1.165) is 109 Å². The van der Waals surface area contributed by atoms with Crippen molar-refractivity contribution >= 4 is 19.8 Å². The summed E-state index contributed by atoms with van der Waals surface area (Å²) in [5.74, 6) is -0.834. The normalized spacial score (nSPS) is 13.7. The maximum absolute atomic E-state index is 12.9. The summed E-state index contributed by atoms with van der Waals surface area (Å²) in [7, 11) is 1.16.